The highest BCUT2D eigenvalue weighted by Gasteiger charge is 2.28. The van der Waals surface area contributed by atoms with Crippen molar-refractivity contribution in [3.05, 3.63) is 24.3 Å². The van der Waals surface area contributed by atoms with Crippen molar-refractivity contribution in [2.24, 2.45) is 0 Å². The van der Waals surface area contributed by atoms with Crippen LogP contribution in [0.3, 0.4) is 0 Å². The predicted octanol–water partition coefficient (Wildman–Crippen LogP) is 1.88. The Morgan fingerprint density at radius 2 is 2.12 bits per heavy atom. The fourth-order valence-corrected chi connectivity index (χ4v) is 2.63. The lowest BCUT2D eigenvalue weighted by molar-refractivity contribution is -0.134. The Hall–Kier alpha value is -1.96. The number of rotatable bonds is 6. The van der Waals surface area contributed by atoms with E-state index >= 15 is 0 Å². The molecule has 1 aromatic carbocycles. The van der Waals surface area contributed by atoms with Gasteiger partial charge in [0.2, 0.25) is 5.91 Å². The molecular formula is C16H22F3N3O2. The fourth-order valence-electron chi connectivity index (χ4n) is 2.63. The smallest absolute Gasteiger partial charge is 0.401 e. The Labute approximate surface area is 139 Å². The zero-order chi connectivity index (χ0) is 17.7. The van der Waals surface area contributed by atoms with Crippen molar-refractivity contribution >= 4 is 11.6 Å². The summed E-state index contributed by atoms with van der Waals surface area (Å²) >= 11 is 0. The van der Waals surface area contributed by atoms with Crippen LogP contribution in [-0.2, 0) is 4.79 Å². The van der Waals surface area contributed by atoms with Crippen molar-refractivity contribution in [1.29, 1.82) is 0 Å². The van der Waals surface area contributed by atoms with Crippen LogP contribution in [0.4, 0.5) is 18.9 Å². The third-order valence-corrected chi connectivity index (χ3v) is 3.81. The zero-order valence-corrected chi connectivity index (χ0v) is 13.8. The molecule has 5 nitrogen and oxygen atoms in total. The number of benzene rings is 1. The minimum absolute atomic E-state index is 0.226. The number of hydrogen-bond acceptors (Lipinski definition) is 4. The van der Waals surface area contributed by atoms with Gasteiger partial charge in [0.1, 0.15) is 11.9 Å². The number of amides is 1. The average Bonchev–Trinajstić information content (AvgIpc) is 2.52. The molecule has 2 rings (SSSR count). The number of likely N-dealkylation sites (N-methyl/N-ethyl adjacent to an activating group) is 2. The Bertz CT molecular complexity index is 566. The number of nitrogens with one attached hydrogen (secondary N) is 1. The molecule has 0 saturated heterocycles. The molecule has 0 aromatic heterocycles. The first-order chi connectivity index (χ1) is 11.3. The van der Waals surface area contributed by atoms with E-state index in [9.17, 15) is 18.0 Å². The number of anilines is 1. The van der Waals surface area contributed by atoms with E-state index in [-0.39, 0.29) is 12.6 Å². The monoisotopic (exact) mass is 345 g/mol. The minimum atomic E-state index is -4.32. The molecule has 1 amide bonds. The van der Waals surface area contributed by atoms with E-state index in [1.54, 1.807) is 7.05 Å². The first kappa shape index (κ1) is 18.4. The molecule has 0 bridgehead atoms. The largest absolute Gasteiger partial charge is 0.485 e. The Kier molecular flexibility index (Phi) is 5.93. The number of para-hydroxylation sites is 2. The van der Waals surface area contributed by atoms with Gasteiger partial charge in [-0.15, -0.1) is 0 Å². The van der Waals surface area contributed by atoms with Crippen molar-refractivity contribution in [2.75, 3.05) is 44.7 Å². The Balaban J connectivity index is 1.88. The number of halogens is 3. The van der Waals surface area contributed by atoms with Crippen LogP contribution in [0.2, 0.25) is 0 Å². The molecule has 134 valence electrons. The molecule has 0 radical (unpaired) electrons. The van der Waals surface area contributed by atoms with E-state index in [0.29, 0.717) is 13.1 Å². The summed E-state index contributed by atoms with van der Waals surface area (Å²) in [6.45, 7) is 2.26. The first-order valence-corrected chi connectivity index (χ1v) is 7.82. The second-order valence-corrected chi connectivity index (χ2v) is 5.74. The molecule has 1 aliphatic heterocycles. The quantitative estimate of drug-likeness (QED) is 0.855. The highest BCUT2D eigenvalue weighted by molar-refractivity contribution is 5.78. The molecule has 0 fully saturated rings. The Morgan fingerprint density at radius 3 is 2.79 bits per heavy atom. The van der Waals surface area contributed by atoms with Gasteiger partial charge in [0.25, 0.3) is 0 Å². The van der Waals surface area contributed by atoms with Crippen LogP contribution in [0.5, 0.6) is 5.75 Å². The molecule has 1 aliphatic rings. The number of fused-ring (bicyclic) bond motifs is 1. The molecule has 0 spiro atoms. The topological polar surface area (TPSA) is 44.8 Å². The summed E-state index contributed by atoms with van der Waals surface area (Å²) in [6, 6.07) is 7.67. The molecule has 1 unspecified atom stereocenters. The van der Waals surface area contributed by atoms with Gasteiger partial charge in [0.05, 0.1) is 31.9 Å². The predicted molar refractivity (Wildman–Crippen MR) is 85.3 cm³/mol. The zero-order valence-electron chi connectivity index (χ0n) is 13.8. The molecule has 8 heteroatoms. The van der Waals surface area contributed by atoms with Crippen molar-refractivity contribution in [2.45, 2.75) is 19.2 Å². The van der Waals surface area contributed by atoms with Crippen LogP contribution in [0, 0.1) is 0 Å². The van der Waals surface area contributed by atoms with Crippen LogP contribution in [0.1, 0.15) is 6.92 Å². The third-order valence-electron chi connectivity index (χ3n) is 3.81. The van der Waals surface area contributed by atoms with E-state index in [4.69, 9.17) is 4.74 Å². The molecular weight excluding hydrogens is 323 g/mol. The highest BCUT2D eigenvalue weighted by atomic mass is 19.4. The Morgan fingerprint density at radius 1 is 1.42 bits per heavy atom. The SMILES string of the molecule is CCN1CC(CN(C)C(=O)CNCC(F)(F)F)Oc2ccccc21. The summed E-state index contributed by atoms with van der Waals surface area (Å²) in [5, 5.41) is 2.11. The van der Waals surface area contributed by atoms with Gasteiger partial charge in [-0.25, -0.2) is 0 Å². The number of alkyl halides is 3. The second-order valence-electron chi connectivity index (χ2n) is 5.74. The molecule has 1 heterocycles. The van der Waals surface area contributed by atoms with Gasteiger partial charge in [-0.2, -0.15) is 13.2 Å². The number of ether oxygens (including phenoxy) is 1. The van der Waals surface area contributed by atoms with Crippen molar-refractivity contribution < 1.29 is 22.7 Å². The second kappa shape index (κ2) is 7.74. The molecule has 1 atom stereocenters. The summed E-state index contributed by atoms with van der Waals surface area (Å²) < 4.78 is 42.2. The number of hydrogen-bond donors (Lipinski definition) is 1. The van der Waals surface area contributed by atoms with E-state index < -0.39 is 18.6 Å². The maximum atomic E-state index is 12.1. The summed E-state index contributed by atoms with van der Waals surface area (Å²) in [5.41, 5.74) is 1.01. The van der Waals surface area contributed by atoms with E-state index in [1.165, 1.54) is 4.90 Å². The minimum Gasteiger partial charge on any atom is -0.485 e. The number of nitrogens with zero attached hydrogens (tertiary/aromatic N) is 2. The van der Waals surface area contributed by atoms with Gasteiger partial charge >= 0.3 is 6.18 Å². The van der Waals surface area contributed by atoms with Crippen LogP contribution < -0.4 is 15.0 Å². The molecule has 24 heavy (non-hydrogen) atoms. The number of carbonyl (C=O) groups is 1. The van der Waals surface area contributed by atoms with Crippen LogP contribution in [0.15, 0.2) is 24.3 Å². The average molecular weight is 345 g/mol. The van der Waals surface area contributed by atoms with E-state index in [1.807, 2.05) is 31.2 Å². The molecule has 1 aromatic rings. The lowest BCUT2D eigenvalue weighted by Crippen LogP contribution is -2.48. The van der Waals surface area contributed by atoms with Crippen LogP contribution in [0.25, 0.3) is 0 Å². The van der Waals surface area contributed by atoms with Crippen LogP contribution in [-0.4, -0.2) is 62.9 Å². The van der Waals surface area contributed by atoms with Crippen molar-refractivity contribution in [1.82, 2.24) is 10.2 Å². The maximum Gasteiger partial charge on any atom is 0.401 e. The summed E-state index contributed by atoms with van der Waals surface area (Å²) in [7, 11) is 1.57. The molecule has 0 aliphatic carbocycles. The van der Waals surface area contributed by atoms with Gasteiger partial charge < -0.3 is 19.9 Å². The summed E-state index contributed by atoms with van der Waals surface area (Å²) in [5.74, 6) is 0.358. The first-order valence-electron chi connectivity index (χ1n) is 7.82. The number of carbonyl (C=O) groups excluding carboxylic acids is 1. The van der Waals surface area contributed by atoms with E-state index in [2.05, 4.69) is 10.2 Å². The van der Waals surface area contributed by atoms with Gasteiger partial charge in [-0.05, 0) is 19.1 Å². The summed E-state index contributed by atoms with van der Waals surface area (Å²) in [4.78, 5) is 15.5. The standard InChI is InChI=1S/C16H22F3N3O2/c1-3-22-10-12(24-14-7-5-4-6-13(14)22)9-21(2)15(23)8-20-11-16(17,18)19/h4-7,12,20H,3,8-11H2,1-2H3. The lowest BCUT2D eigenvalue weighted by atomic mass is 10.2. The van der Waals surface area contributed by atoms with Gasteiger partial charge in [-0.3, -0.25) is 4.79 Å². The van der Waals surface area contributed by atoms with Gasteiger partial charge in [0.15, 0.2) is 0 Å². The molecule has 0 saturated carbocycles. The van der Waals surface area contributed by atoms with Crippen LogP contribution >= 0.6 is 0 Å². The van der Waals surface area contributed by atoms with E-state index in [0.717, 1.165) is 18.0 Å². The summed E-state index contributed by atoms with van der Waals surface area (Å²) in [6.07, 6.45) is -4.55. The van der Waals surface area contributed by atoms with Crippen molar-refractivity contribution in [3.8, 4) is 5.75 Å². The molecule has 1 N–H and O–H groups in total. The lowest BCUT2D eigenvalue weighted by Gasteiger charge is -2.37. The highest BCUT2D eigenvalue weighted by Crippen LogP contribution is 2.32. The normalized spacial score (nSPS) is 17.2. The van der Waals surface area contributed by atoms with Crippen molar-refractivity contribution in [3.63, 3.8) is 0 Å². The maximum absolute atomic E-state index is 12.1. The van der Waals surface area contributed by atoms with Gasteiger partial charge in [0, 0.05) is 13.6 Å². The fraction of sp³-hybridized carbons (Fsp3) is 0.562. The third kappa shape index (κ3) is 5.02. The van der Waals surface area contributed by atoms with Gasteiger partial charge in [-0.1, -0.05) is 12.1 Å².